The first-order valence-corrected chi connectivity index (χ1v) is 5.48. The van der Waals surface area contributed by atoms with E-state index < -0.39 is 12.6 Å². The smallest absolute Gasteiger partial charge is 0.310 e. The topological polar surface area (TPSA) is 12.0 Å². The van der Waals surface area contributed by atoms with Crippen LogP contribution in [0, 0.1) is 5.82 Å². The lowest BCUT2D eigenvalue weighted by molar-refractivity contribution is -0.133. The van der Waals surface area contributed by atoms with Crippen LogP contribution in [-0.2, 0) is 0 Å². The highest BCUT2D eigenvalue weighted by Gasteiger charge is 2.26. The summed E-state index contributed by atoms with van der Waals surface area (Å²) in [4.78, 5) is 0. The highest BCUT2D eigenvalue weighted by molar-refractivity contribution is 5.19. The van der Waals surface area contributed by atoms with E-state index in [1.54, 1.807) is 12.1 Å². The SMILES string of the molecule is CCC(NCCC(F)(F)F)c1ccc(F)cc1. The number of nitrogens with one attached hydrogen (secondary N) is 1. The van der Waals surface area contributed by atoms with Gasteiger partial charge in [-0.15, -0.1) is 0 Å². The Morgan fingerprint density at radius 3 is 2.24 bits per heavy atom. The van der Waals surface area contributed by atoms with Crippen LogP contribution < -0.4 is 5.32 Å². The van der Waals surface area contributed by atoms with Crippen molar-refractivity contribution >= 4 is 0 Å². The summed E-state index contributed by atoms with van der Waals surface area (Å²) in [6.45, 7) is 1.74. The Hall–Kier alpha value is -1.10. The molecule has 0 spiro atoms. The molecule has 1 atom stereocenters. The maximum absolute atomic E-state index is 12.7. The van der Waals surface area contributed by atoms with Crippen molar-refractivity contribution in [3.05, 3.63) is 35.6 Å². The quantitative estimate of drug-likeness (QED) is 0.782. The van der Waals surface area contributed by atoms with Gasteiger partial charge in [-0.2, -0.15) is 13.2 Å². The molecule has 0 aliphatic rings. The second-order valence-corrected chi connectivity index (χ2v) is 3.83. The fourth-order valence-electron chi connectivity index (χ4n) is 1.58. The van der Waals surface area contributed by atoms with Gasteiger partial charge in [0.05, 0.1) is 6.42 Å². The lowest BCUT2D eigenvalue weighted by Crippen LogP contribution is -2.25. The van der Waals surface area contributed by atoms with Crippen molar-refractivity contribution in [2.45, 2.75) is 32.0 Å². The monoisotopic (exact) mass is 249 g/mol. The van der Waals surface area contributed by atoms with Gasteiger partial charge in [0.1, 0.15) is 5.82 Å². The Morgan fingerprint density at radius 2 is 1.76 bits per heavy atom. The van der Waals surface area contributed by atoms with Crippen LogP contribution in [0.1, 0.15) is 31.4 Å². The van der Waals surface area contributed by atoms with Gasteiger partial charge in [0.15, 0.2) is 0 Å². The van der Waals surface area contributed by atoms with E-state index in [9.17, 15) is 17.6 Å². The molecule has 1 rings (SSSR count). The summed E-state index contributed by atoms with van der Waals surface area (Å²) >= 11 is 0. The second kappa shape index (κ2) is 6.00. The van der Waals surface area contributed by atoms with E-state index in [2.05, 4.69) is 5.32 Å². The van der Waals surface area contributed by atoms with Gasteiger partial charge in [-0.25, -0.2) is 4.39 Å². The third-order valence-electron chi connectivity index (χ3n) is 2.48. The summed E-state index contributed by atoms with van der Waals surface area (Å²) in [7, 11) is 0. The van der Waals surface area contributed by atoms with E-state index in [0.29, 0.717) is 6.42 Å². The molecule has 96 valence electrons. The Labute approximate surface area is 97.8 Å². The minimum atomic E-state index is -4.14. The maximum atomic E-state index is 12.7. The average Bonchev–Trinajstić information content (AvgIpc) is 2.24. The molecule has 0 aliphatic carbocycles. The molecule has 1 aromatic carbocycles. The lowest BCUT2D eigenvalue weighted by Gasteiger charge is -2.18. The summed E-state index contributed by atoms with van der Waals surface area (Å²) in [5.74, 6) is -0.348. The number of hydrogen-bond acceptors (Lipinski definition) is 1. The first kappa shape index (κ1) is 14.0. The zero-order valence-electron chi connectivity index (χ0n) is 9.52. The Morgan fingerprint density at radius 1 is 1.18 bits per heavy atom. The van der Waals surface area contributed by atoms with Crippen molar-refractivity contribution < 1.29 is 17.6 Å². The fourth-order valence-corrected chi connectivity index (χ4v) is 1.58. The largest absolute Gasteiger partial charge is 0.390 e. The Balaban J connectivity index is 2.51. The molecule has 0 saturated heterocycles. The molecule has 1 aromatic rings. The van der Waals surface area contributed by atoms with Crippen molar-refractivity contribution in [2.75, 3.05) is 6.54 Å². The van der Waals surface area contributed by atoms with E-state index in [-0.39, 0.29) is 18.4 Å². The van der Waals surface area contributed by atoms with Gasteiger partial charge < -0.3 is 5.32 Å². The van der Waals surface area contributed by atoms with E-state index >= 15 is 0 Å². The molecule has 0 fully saturated rings. The highest BCUT2D eigenvalue weighted by Crippen LogP contribution is 2.21. The van der Waals surface area contributed by atoms with Crippen molar-refractivity contribution in [2.24, 2.45) is 0 Å². The lowest BCUT2D eigenvalue weighted by atomic mass is 10.0. The summed E-state index contributed by atoms with van der Waals surface area (Å²) in [5, 5.41) is 2.82. The molecule has 1 unspecified atom stereocenters. The van der Waals surface area contributed by atoms with Crippen LogP contribution in [0.2, 0.25) is 0 Å². The van der Waals surface area contributed by atoms with Crippen LogP contribution >= 0.6 is 0 Å². The van der Waals surface area contributed by atoms with Crippen LogP contribution in [0.25, 0.3) is 0 Å². The number of halogens is 4. The van der Waals surface area contributed by atoms with Crippen molar-refractivity contribution in [1.82, 2.24) is 5.32 Å². The molecular weight excluding hydrogens is 234 g/mol. The summed E-state index contributed by atoms with van der Waals surface area (Å²) in [6.07, 6.45) is -4.34. The molecular formula is C12H15F4N. The zero-order valence-corrected chi connectivity index (χ0v) is 9.52. The van der Waals surface area contributed by atoms with Gasteiger partial charge in [0.2, 0.25) is 0 Å². The van der Waals surface area contributed by atoms with E-state index in [0.717, 1.165) is 5.56 Å². The van der Waals surface area contributed by atoms with Gasteiger partial charge in [-0.1, -0.05) is 19.1 Å². The molecule has 0 amide bonds. The molecule has 0 saturated carbocycles. The first-order chi connectivity index (χ1) is 7.92. The Bertz CT molecular complexity index is 331. The first-order valence-electron chi connectivity index (χ1n) is 5.48. The number of rotatable bonds is 5. The predicted molar refractivity (Wildman–Crippen MR) is 58.1 cm³/mol. The average molecular weight is 249 g/mol. The van der Waals surface area contributed by atoms with Gasteiger partial charge in [0.25, 0.3) is 0 Å². The minimum Gasteiger partial charge on any atom is -0.310 e. The standard InChI is InChI=1S/C12H15F4N/c1-2-11(17-8-7-12(14,15)16)9-3-5-10(13)6-4-9/h3-6,11,17H,2,7-8H2,1H3. The van der Waals surface area contributed by atoms with Crippen LogP contribution in [0.15, 0.2) is 24.3 Å². The molecule has 0 aliphatic heterocycles. The second-order valence-electron chi connectivity index (χ2n) is 3.83. The van der Waals surface area contributed by atoms with Crippen LogP contribution in [0.4, 0.5) is 17.6 Å². The van der Waals surface area contributed by atoms with E-state index in [1.165, 1.54) is 12.1 Å². The minimum absolute atomic E-state index is 0.126. The molecule has 0 radical (unpaired) electrons. The fraction of sp³-hybridized carbons (Fsp3) is 0.500. The summed E-state index contributed by atoms with van der Waals surface area (Å²) < 4.78 is 48.6. The van der Waals surface area contributed by atoms with Crippen LogP contribution in [0.5, 0.6) is 0 Å². The van der Waals surface area contributed by atoms with Gasteiger partial charge in [-0.05, 0) is 24.1 Å². The third-order valence-corrected chi connectivity index (χ3v) is 2.48. The molecule has 0 bridgehead atoms. The molecule has 0 heterocycles. The van der Waals surface area contributed by atoms with Crippen LogP contribution in [0.3, 0.4) is 0 Å². The van der Waals surface area contributed by atoms with Crippen molar-refractivity contribution in [1.29, 1.82) is 0 Å². The number of benzene rings is 1. The van der Waals surface area contributed by atoms with E-state index in [1.807, 2.05) is 6.92 Å². The normalized spacial score (nSPS) is 13.7. The highest BCUT2D eigenvalue weighted by atomic mass is 19.4. The number of alkyl halides is 3. The molecule has 1 N–H and O–H groups in total. The van der Waals surface area contributed by atoms with Gasteiger partial charge in [0, 0.05) is 12.6 Å². The summed E-state index contributed by atoms with van der Waals surface area (Å²) in [6, 6.07) is 5.62. The maximum Gasteiger partial charge on any atom is 0.390 e. The molecule has 0 aromatic heterocycles. The molecule has 5 heteroatoms. The van der Waals surface area contributed by atoms with Gasteiger partial charge in [-0.3, -0.25) is 0 Å². The van der Waals surface area contributed by atoms with Crippen molar-refractivity contribution in [3.63, 3.8) is 0 Å². The van der Waals surface area contributed by atoms with Crippen LogP contribution in [-0.4, -0.2) is 12.7 Å². The molecule has 17 heavy (non-hydrogen) atoms. The summed E-state index contributed by atoms with van der Waals surface area (Å²) in [5.41, 5.74) is 0.802. The Kier molecular flexibility index (Phi) is 4.93. The van der Waals surface area contributed by atoms with Gasteiger partial charge >= 0.3 is 6.18 Å². The third kappa shape index (κ3) is 5.17. The zero-order chi connectivity index (χ0) is 12.9. The predicted octanol–water partition coefficient (Wildman–Crippen LogP) is 3.82. The van der Waals surface area contributed by atoms with Crippen molar-refractivity contribution in [3.8, 4) is 0 Å². The number of hydrogen-bond donors (Lipinski definition) is 1. The molecule has 1 nitrogen and oxygen atoms in total. The van der Waals surface area contributed by atoms with E-state index in [4.69, 9.17) is 0 Å².